The van der Waals surface area contributed by atoms with Crippen LogP contribution in [-0.2, 0) is 0 Å². The second kappa shape index (κ2) is 9.44. The fourth-order valence-electron chi connectivity index (χ4n) is 3.45. The molecule has 0 saturated carbocycles. The Bertz CT molecular complexity index is 1640. The first-order valence-electron chi connectivity index (χ1n) is 10.9. The number of benzene rings is 2. The zero-order valence-electron chi connectivity index (χ0n) is 19.5. The molecule has 9 nitrogen and oxygen atoms in total. The van der Waals surface area contributed by atoms with Crippen LogP contribution in [0.3, 0.4) is 0 Å². The summed E-state index contributed by atoms with van der Waals surface area (Å²) < 4.78 is 1.35. The average Bonchev–Trinajstić information content (AvgIpc) is 3.56. The van der Waals surface area contributed by atoms with Gasteiger partial charge in [-0.25, -0.2) is 14.8 Å². The highest BCUT2D eigenvalue weighted by molar-refractivity contribution is 7.15. The van der Waals surface area contributed by atoms with Gasteiger partial charge < -0.3 is 5.11 Å². The molecule has 0 bridgehead atoms. The number of aromatic amines is 1. The molecule has 3 aromatic heterocycles. The molecule has 36 heavy (non-hydrogen) atoms. The number of hydrogen-bond acceptors (Lipinski definition) is 8. The third kappa shape index (κ3) is 4.53. The molecule has 3 heterocycles. The molecular weight excluding hydrogens is 496 g/mol. The molecule has 0 atom stereocenters. The Labute approximate surface area is 213 Å². The van der Waals surface area contributed by atoms with Crippen LogP contribution < -0.4 is 5.56 Å². The number of hydrogen-bond donors (Lipinski definition) is 2. The van der Waals surface area contributed by atoms with Gasteiger partial charge in [0.15, 0.2) is 5.69 Å². The number of nitrogens with zero attached hydrogens (tertiary/aromatic N) is 5. The lowest BCUT2D eigenvalue weighted by atomic mass is 10.1. The van der Waals surface area contributed by atoms with Crippen LogP contribution in [0.4, 0.5) is 10.8 Å². The van der Waals surface area contributed by atoms with Crippen LogP contribution in [0.2, 0.25) is 0 Å². The topological polar surface area (TPSA) is 126 Å². The summed E-state index contributed by atoms with van der Waals surface area (Å²) in [5, 5.41) is 23.5. The summed E-state index contributed by atoms with van der Waals surface area (Å²) in [6.45, 7) is 5.86. The number of thiazole rings is 2. The van der Waals surface area contributed by atoms with Crippen LogP contribution in [-0.4, -0.2) is 30.8 Å². The fraction of sp³-hybridized carbons (Fsp3) is 0.120. The molecule has 0 saturated heterocycles. The van der Waals surface area contributed by atoms with Crippen LogP contribution in [0.1, 0.15) is 26.5 Å². The zero-order valence-corrected chi connectivity index (χ0v) is 21.1. The highest BCUT2D eigenvalue weighted by Crippen LogP contribution is 2.31. The average molecular weight is 517 g/mol. The lowest BCUT2D eigenvalue weighted by molar-refractivity contribution is 0.0697. The summed E-state index contributed by atoms with van der Waals surface area (Å²) >= 11 is 2.70. The Morgan fingerprint density at radius 1 is 0.972 bits per heavy atom. The van der Waals surface area contributed by atoms with Crippen LogP contribution in [0.15, 0.2) is 68.9 Å². The molecule has 2 N–H and O–H groups in total. The van der Waals surface area contributed by atoms with E-state index in [-0.39, 0.29) is 16.8 Å². The normalized spacial score (nSPS) is 11.4. The predicted molar refractivity (Wildman–Crippen MR) is 140 cm³/mol. The van der Waals surface area contributed by atoms with E-state index in [9.17, 15) is 9.59 Å². The molecule has 180 valence electrons. The van der Waals surface area contributed by atoms with Gasteiger partial charge in [0.2, 0.25) is 10.3 Å². The van der Waals surface area contributed by atoms with Gasteiger partial charge in [0, 0.05) is 21.4 Å². The van der Waals surface area contributed by atoms with Crippen LogP contribution >= 0.6 is 22.7 Å². The molecule has 0 fully saturated rings. The van der Waals surface area contributed by atoms with E-state index in [0.29, 0.717) is 21.7 Å². The van der Waals surface area contributed by atoms with Crippen LogP contribution in [0.5, 0.6) is 0 Å². The van der Waals surface area contributed by atoms with Crippen LogP contribution in [0, 0.1) is 20.8 Å². The summed E-state index contributed by atoms with van der Waals surface area (Å²) in [6.07, 6.45) is 0. The van der Waals surface area contributed by atoms with Gasteiger partial charge in [-0.05, 0) is 32.9 Å². The van der Waals surface area contributed by atoms with Gasteiger partial charge >= 0.3 is 11.5 Å². The number of rotatable bonds is 6. The number of nitrogens with one attached hydrogen (secondary N) is 1. The lowest BCUT2D eigenvalue weighted by Gasteiger charge is -2.00. The van der Waals surface area contributed by atoms with E-state index in [2.05, 4.69) is 25.3 Å². The first-order chi connectivity index (χ1) is 17.3. The highest BCUT2D eigenvalue weighted by atomic mass is 32.1. The van der Waals surface area contributed by atoms with Gasteiger partial charge in [-0.15, -0.1) is 21.6 Å². The van der Waals surface area contributed by atoms with Gasteiger partial charge in [-0.1, -0.05) is 53.3 Å². The third-order valence-corrected chi connectivity index (χ3v) is 7.35. The maximum absolute atomic E-state index is 13.5. The summed E-state index contributed by atoms with van der Waals surface area (Å²) in [5.74, 6) is -0.994. The van der Waals surface area contributed by atoms with E-state index >= 15 is 0 Å². The number of carbonyl (C=O) groups is 1. The van der Waals surface area contributed by atoms with Crippen molar-refractivity contribution < 1.29 is 9.90 Å². The van der Waals surface area contributed by atoms with Gasteiger partial charge in [-0.3, -0.25) is 9.89 Å². The molecule has 0 spiro atoms. The number of azo groups is 1. The molecule has 11 heteroatoms. The van der Waals surface area contributed by atoms with Crippen molar-refractivity contribution in [3.05, 3.63) is 86.0 Å². The SMILES string of the molecule is Cc1ccc(-c2[nH]n(-c3nc(-c4ccc(C(=O)O)cc4)cs3)c(=O)c2N=Nc2nc(C)c(C)s2)cc1. The molecule has 2 aromatic carbocycles. The highest BCUT2D eigenvalue weighted by Gasteiger charge is 2.19. The molecule has 0 aliphatic heterocycles. The van der Waals surface area contributed by atoms with Gasteiger partial charge in [0.25, 0.3) is 0 Å². The van der Waals surface area contributed by atoms with E-state index < -0.39 is 5.97 Å². The van der Waals surface area contributed by atoms with Crippen molar-refractivity contribution in [2.24, 2.45) is 10.2 Å². The minimum Gasteiger partial charge on any atom is -0.478 e. The molecule has 5 aromatic rings. The Morgan fingerprint density at radius 3 is 2.31 bits per heavy atom. The second-order valence-electron chi connectivity index (χ2n) is 8.08. The number of carboxylic acids is 1. The van der Waals surface area contributed by atoms with Crippen molar-refractivity contribution in [2.75, 3.05) is 0 Å². The van der Waals surface area contributed by atoms with E-state index in [1.54, 1.807) is 12.1 Å². The van der Waals surface area contributed by atoms with E-state index in [0.717, 1.165) is 27.3 Å². The summed E-state index contributed by atoms with van der Waals surface area (Å²) in [7, 11) is 0. The first kappa shape index (κ1) is 23.5. The van der Waals surface area contributed by atoms with Gasteiger partial charge in [0.1, 0.15) is 0 Å². The van der Waals surface area contributed by atoms with Gasteiger partial charge in [-0.2, -0.15) is 4.68 Å². The smallest absolute Gasteiger partial charge is 0.335 e. The standard InChI is InChI=1S/C25H20N6O3S2/c1-13-4-6-17(7-5-13)20-21(28-29-24-26-14(2)15(3)36-24)22(32)31(30-20)25-27-19(12-35-25)16-8-10-18(11-9-16)23(33)34/h4-12,30H,1-3H3,(H,33,34). The lowest BCUT2D eigenvalue weighted by Crippen LogP contribution is -2.13. The number of aromatic carboxylic acids is 1. The number of H-pyrrole nitrogens is 1. The monoisotopic (exact) mass is 516 g/mol. The van der Waals surface area contributed by atoms with Crippen molar-refractivity contribution in [3.63, 3.8) is 0 Å². The zero-order chi connectivity index (χ0) is 25.4. The Balaban J connectivity index is 1.57. The molecule has 5 rings (SSSR count). The third-order valence-electron chi connectivity index (χ3n) is 5.57. The van der Waals surface area contributed by atoms with Crippen molar-refractivity contribution >= 4 is 39.5 Å². The van der Waals surface area contributed by atoms with Crippen molar-refractivity contribution in [2.45, 2.75) is 20.8 Å². The van der Waals surface area contributed by atoms with E-state index in [4.69, 9.17) is 5.11 Å². The minimum absolute atomic E-state index is 0.159. The molecule has 0 aliphatic carbocycles. The predicted octanol–water partition coefficient (Wildman–Crippen LogP) is 6.45. The summed E-state index contributed by atoms with van der Waals surface area (Å²) in [6, 6.07) is 14.2. The molecule has 0 amide bonds. The Hall–Kier alpha value is -4.22. The summed E-state index contributed by atoms with van der Waals surface area (Å²) in [4.78, 5) is 34.6. The molecule has 0 aliphatic rings. The Morgan fingerprint density at radius 2 is 1.67 bits per heavy atom. The molecule has 0 unspecified atom stereocenters. The first-order valence-corrected chi connectivity index (χ1v) is 12.6. The van der Waals surface area contributed by atoms with E-state index in [1.165, 1.54) is 39.5 Å². The maximum atomic E-state index is 13.5. The van der Waals surface area contributed by atoms with Crippen molar-refractivity contribution in [1.29, 1.82) is 0 Å². The quantitative estimate of drug-likeness (QED) is 0.251. The van der Waals surface area contributed by atoms with Crippen molar-refractivity contribution in [1.82, 2.24) is 19.7 Å². The molecular formula is C25H20N6O3S2. The van der Waals surface area contributed by atoms with Gasteiger partial charge in [0.05, 0.1) is 22.6 Å². The second-order valence-corrected chi connectivity index (χ2v) is 10.1. The number of aromatic nitrogens is 4. The van der Waals surface area contributed by atoms with Crippen molar-refractivity contribution in [3.8, 4) is 27.6 Å². The maximum Gasteiger partial charge on any atom is 0.335 e. The minimum atomic E-state index is -0.994. The summed E-state index contributed by atoms with van der Waals surface area (Å²) in [5.41, 5.74) is 4.63. The van der Waals surface area contributed by atoms with E-state index in [1.807, 2.05) is 50.4 Å². The number of aryl methyl sites for hydroxylation is 3. The Kier molecular flexibility index (Phi) is 6.17. The fourth-order valence-corrected chi connectivity index (χ4v) is 4.97. The molecule has 0 radical (unpaired) electrons. The number of carboxylic acid groups (broad SMARTS) is 1. The largest absolute Gasteiger partial charge is 0.478 e. The van der Waals surface area contributed by atoms with Crippen LogP contribution in [0.25, 0.3) is 27.6 Å².